The lowest BCUT2D eigenvalue weighted by Gasteiger charge is -2.39. The van der Waals surface area contributed by atoms with Crippen LogP contribution < -0.4 is 5.32 Å². The minimum absolute atomic E-state index is 0.0693. The fourth-order valence-electron chi connectivity index (χ4n) is 5.40. The minimum atomic E-state index is -1.50. The number of hydrogen-bond acceptors (Lipinski definition) is 9. The number of aliphatic hydroxyl groups excluding tert-OH is 5. The quantitative estimate of drug-likeness (QED) is 0.160. The number of carbonyl (C=O) groups excluding carboxylic acids is 2. The summed E-state index contributed by atoms with van der Waals surface area (Å²) < 4.78 is 10.6. The normalized spacial score (nSPS) is 42.5. The first-order valence-corrected chi connectivity index (χ1v) is 11.2. The van der Waals surface area contributed by atoms with Gasteiger partial charge in [-0.05, 0) is 24.7 Å². The second-order valence-corrected chi connectivity index (χ2v) is 9.02. The van der Waals surface area contributed by atoms with Gasteiger partial charge in [-0.1, -0.05) is 12.2 Å². The van der Waals surface area contributed by atoms with Crippen molar-refractivity contribution in [1.29, 1.82) is 0 Å². The monoisotopic (exact) mass is 456 g/mol. The molecular weight excluding hydrogens is 424 g/mol. The summed E-state index contributed by atoms with van der Waals surface area (Å²) >= 11 is 0. The minimum Gasteiger partial charge on any atom is -0.394 e. The number of nitrogens with one attached hydrogen (secondary N) is 1. The van der Waals surface area contributed by atoms with Gasteiger partial charge in [0, 0.05) is 25.4 Å². The van der Waals surface area contributed by atoms with Crippen molar-refractivity contribution in [2.45, 2.75) is 56.2 Å². The van der Waals surface area contributed by atoms with Crippen molar-refractivity contribution in [2.24, 2.45) is 23.7 Å². The number of fused-ring (bicyclic) bond motifs is 5. The molecule has 1 saturated carbocycles. The van der Waals surface area contributed by atoms with E-state index in [0.29, 0.717) is 6.42 Å². The van der Waals surface area contributed by atoms with Crippen LogP contribution in [-0.2, 0) is 19.1 Å². The fraction of sp³-hybridized carbons (Fsp3) is 0.810. The SMILES string of the molecule is O=C(CCN1C(=O)C2C3C=CC(C3)C2C1O)NCCCOC1OC(CO)[C@H](O)C(O)C1O. The van der Waals surface area contributed by atoms with E-state index in [0.717, 1.165) is 6.42 Å². The number of ether oxygens (including phenoxy) is 2. The third-order valence-electron chi connectivity index (χ3n) is 7.11. The van der Waals surface area contributed by atoms with Crippen molar-refractivity contribution in [3.05, 3.63) is 12.2 Å². The van der Waals surface area contributed by atoms with E-state index in [9.17, 15) is 30.0 Å². The Kier molecular flexibility index (Phi) is 7.15. The number of nitrogens with zero attached hydrogens (tertiary/aromatic N) is 1. The summed E-state index contributed by atoms with van der Waals surface area (Å²) in [6.07, 6.45) is -1.92. The maximum absolute atomic E-state index is 12.7. The van der Waals surface area contributed by atoms with E-state index in [4.69, 9.17) is 14.6 Å². The Morgan fingerprint density at radius 1 is 1.16 bits per heavy atom. The number of amides is 2. The van der Waals surface area contributed by atoms with Crippen molar-refractivity contribution in [3.8, 4) is 0 Å². The van der Waals surface area contributed by atoms with E-state index in [1.807, 2.05) is 0 Å². The summed E-state index contributed by atoms with van der Waals surface area (Å²) in [5, 5.41) is 51.8. The van der Waals surface area contributed by atoms with Gasteiger partial charge in [-0.2, -0.15) is 0 Å². The summed E-state index contributed by atoms with van der Waals surface area (Å²) in [7, 11) is 0. The molecule has 32 heavy (non-hydrogen) atoms. The number of hydrogen-bond donors (Lipinski definition) is 6. The zero-order chi connectivity index (χ0) is 23.0. The average Bonchev–Trinajstić information content (AvgIpc) is 3.46. The van der Waals surface area contributed by atoms with Gasteiger partial charge in [0.25, 0.3) is 0 Å². The molecule has 4 rings (SSSR count). The van der Waals surface area contributed by atoms with Crippen molar-refractivity contribution < 1.29 is 44.6 Å². The van der Waals surface area contributed by atoms with Crippen LogP contribution in [0.15, 0.2) is 12.2 Å². The maximum atomic E-state index is 12.7. The van der Waals surface area contributed by atoms with E-state index in [1.165, 1.54) is 4.90 Å². The van der Waals surface area contributed by atoms with E-state index < -0.39 is 43.5 Å². The summed E-state index contributed by atoms with van der Waals surface area (Å²) in [6, 6.07) is 0. The third kappa shape index (κ3) is 4.30. The predicted octanol–water partition coefficient (Wildman–Crippen LogP) is -2.70. The second kappa shape index (κ2) is 9.72. The van der Waals surface area contributed by atoms with Crippen LogP contribution in [0.25, 0.3) is 0 Å². The van der Waals surface area contributed by atoms with Gasteiger partial charge in [0.2, 0.25) is 11.8 Å². The Labute approximate surface area is 185 Å². The number of likely N-dealkylation sites (tertiary alicyclic amines) is 1. The number of aliphatic hydroxyl groups is 5. The summed E-state index contributed by atoms with van der Waals surface area (Å²) in [6.45, 7) is 0.0194. The highest BCUT2D eigenvalue weighted by Crippen LogP contribution is 2.53. The van der Waals surface area contributed by atoms with Crippen molar-refractivity contribution in [3.63, 3.8) is 0 Å². The van der Waals surface area contributed by atoms with Crippen molar-refractivity contribution in [1.82, 2.24) is 10.2 Å². The summed E-state index contributed by atoms with van der Waals surface area (Å²) in [4.78, 5) is 26.2. The van der Waals surface area contributed by atoms with Crippen LogP contribution in [0.4, 0.5) is 0 Å². The Hall–Kier alpha value is -1.60. The molecule has 2 amide bonds. The molecule has 3 fully saturated rings. The first-order chi connectivity index (χ1) is 15.3. The molecule has 6 N–H and O–H groups in total. The van der Waals surface area contributed by atoms with Gasteiger partial charge >= 0.3 is 0 Å². The van der Waals surface area contributed by atoms with E-state index in [2.05, 4.69) is 17.5 Å². The molecule has 180 valence electrons. The molecule has 11 nitrogen and oxygen atoms in total. The topological polar surface area (TPSA) is 169 Å². The Morgan fingerprint density at radius 2 is 1.91 bits per heavy atom. The van der Waals surface area contributed by atoms with Crippen molar-refractivity contribution in [2.75, 3.05) is 26.3 Å². The molecule has 0 spiro atoms. The fourth-order valence-corrected chi connectivity index (χ4v) is 5.40. The largest absolute Gasteiger partial charge is 0.394 e. The summed E-state index contributed by atoms with van der Waals surface area (Å²) in [5.74, 6) is -0.111. The second-order valence-electron chi connectivity index (χ2n) is 9.02. The molecule has 0 radical (unpaired) electrons. The first-order valence-electron chi connectivity index (χ1n) is 11.2. The molecular formula is C21H32N2O9. The van der Waals surface area contributed by atoms with Crippen molar-refractivity contribution >= 4 is 11.8 Å². The molecule has 4 aliphatic rings. The molecule has 2 aliphatic carbocycles. The van der Waals surface area contributed by atoms with Gasteiger partial charge in [0.1, 0.15) is 30.6 Å². The van der Waals surface area contributed by atoms with Gasteiger partial charge < -0.3 is 45.2 Å². The number of rotatable bonds is 9. The molecule has 2 bridgehead atoms. The molecule has 9 unspecified atom stereocenters. The molecule has 2 heterocycles. The van der Waals surface area contributed by atoms with Gasteiger partial charge in [-0.25, -0.2) is 0 Å². The summed E-state index contributed by atoms with van der Waals surface area (Å²) in [5.41, 5.74) is 0. The molecule has 0 aromatic heterocycles. The third-order valence-corrected chi connectivity index (χ3v) is 7.11. The smallest absolute Gasteiger partial charge is 0.228 e. The Balaban J connectivity index is 1.13. The average molecular weight is 456 g/mol. The predicted molar refractivity (Wildman–Crippen MR) is 107 cm³/mol. The Bertz CT molecular complexity index is 732. The zero-order valence-electron chi connectivity index (χ0n) is 17.7. The van der Waals surface area contributed by atoms with Crippen LogP contribution in [0, 0.1) is 23.7 Å². The van der Waals surface area contributed by atoms with Crippen LogP contribution >= 0.6 is 0 Å². The van der Waals surface area contributed by atoms with E-state index >= 15 is 0 Å². The van der Waals surface area contributed by atoms with Gasteiger partial charge in [0.05, 0.1) is 19.1 Å². The highest BCUT2D eigenvalue weighted by atomic mass is 16.7. The van der Waals surface area contributed by atoms with Crippen LogP contribution in [0.3, 0.4) is 0 Å². The number of allylic oxidation sites excluding steroid dienone is 2. The Morgan fingerprint density at radius 3 is 2.62 bits per heavy atom. The van der Waals surface area contributed by atoms with Crippen LogP contribution in [-0.4, -0.2) is 105 Å². The van der Waals surface area contributed by atoms with E-state index in [1.54, 1.807) is 0 Å². The van der Waals surface area contributed by atoms with E-state index in [-0.39, 0.29) is 61.6 Å². The number of carbonyl (C=O) groups is 2. The lowest BCUT2D eigenvalue weighted by Crippen LogP contribution is -2.59. The molecule has 0 aromatic rings. The highest BCUT2D eigenvalue weighted by molar-refractivity contribution is 5.84. The highest BCUT2D eigenvalue weighted by Gasteiger charge is 2.58. The first kappa shape index (κ1) is 23.6. The maximum Gasteiger partial charge on any atom is 0.228 e. The molecule has 2 aliphatic heterocycles. The lowest BCUT2D eigenvalue weighted by molar-refractivity contribution is -0.301. The lowest BCUT2D eigenvalue weighted by atomic mass is 9.85. The van der Waals surface area contributed by atoms with Gasteiger partial charge in [0.15, 0.2) is 6.29 Å². The molecule has 2 saturated heterocycles. The van der Waals surface area contributed by atoms with Crippen LogP contribution in [0.2, 0.25) is 0 Å². The standard InChI is InChI=1S/C21H32N2O9/c24-9-12-16(26)17(27)18(28)21(32-12)31-7-1-5-22-13(25)4-6-23-19(29)14-10-2-3-11(8-10)15(14)20(23)30/h2-3,10-12,14-19,21,24,26-29H,1,4-9H2,(H,22,25)/t10?,11?,12?,14?,15?,16-,17?,18?,19?,21?/m0/s1. The van der Waals surface area contributed by atoms with Crippen LogP contribution in [0.5, 0.6) is 0 Å². The zero-order valence-corrected chi connectivity index (χ0v) is 17.7. The molecule has 0 aromatic carbocycles. The van der Waals surface area contributed by atoms with Crippen LogP contribution in [0.1, 0.15) is 19.3 Å². The van der Waals surface area contributed by atoms with Gasteiger partial charge in [-0.15, -0.1) is 0 Å². The molecule has 10 atom stereocenters. The van der Waals surface area contributed by atoms with Gasteiger partial charge in [-0.3, -0.25) is 9.59 Å². The molecule has 11 heteroatoms.